The number of hydrogen-bond donors (Lipinski definition) is 2. The van der Waals surface area contributed by atoms with Crippen molar-refractivity contribution in [2.24, 2.45) is 0 Å². The number of aryl methyl sites for hydroxylation is 1. The van der Waals surface area contributed by atoms with Crippen molar-refractivity contribution in [2.45, 2.75) is 13.5 Å². The summed E-state index contributed by atoms with van der Waals surface area (Å²) in [4.78, 5) is 16.6. The second kappa shape index (κ2) is 5.54. The number of aromatic nitrogens is 3. The molecule has 0 aliphatic heterocycles. The number of anilines is 1. The Bertz CT molecular complexity index is 537. The van der Waals surface area contributed by atoms with E-state index in [1.165, 1.54) is 0 Å². The summed E-state index contributed by atoms with van der Waals surface area (Å²) in [7, 11) is 1.56. The first kappa shape index (κ1) is 12.4. The third-order valence-corrected chi connectivity index (χ3v) is 3.15. The van der Waals surface area contributed by atoms with E-state index in [9.17, 15) is 4.79 Å². The monoisotopic (exact) mass is 263 g/mol. The van der Waals surface area contributed by atoms with Gasteiger partial charge in [0.2, 0.25) is 0 Å². The van der Waals surface area contributed by atoms with Gasteiger partial charge in [-0.3, -0.25) is 4.79 Å². The molecule has 2 aromatic rings. The largest absolute Gasteiger partial charge is 0.364 e. The van der Waals surface area contributed by atoms with E-state index in [4.69, 9.17) is 0 Å². The van der Waals surface area contributed by atoms with Gasteiger partial charge in [-0.1, -0.05) is 0 Å². The minimum absolute atomic E-state index is 0.243. The predicted molar refractivity (Wildman–Crippen MR) is 69.6 cm³/mol. The summed E-state index contributed by atoms with van der Waals surface area (Å²) in [5.41, 5.74) is 0.302. The molecule has 0 aliphatic rings. The summed E-state index contributed by atoms with van der Waals surface area (Å²) in [5.74, 6) is 0.390. The molecule has 0 unspecified atom stereocenters. The van der Waals surface area contributed by atoms with E-state index in [2.05, 4.69) is 25.8 Å². The molecule has 0 saturated heterocycles. The number of carbonyl (C=O) groups excluding carboxylic acids is 1. The molecule has 0 radical (unpaired) electrons. The second-order valence-electron chi connectivity index (χ2n) is 3.58. The first-order valence-corrected chi connectivity index (χ1v) is 6.21. The van der Waals surface area contributed by atoms with Crippen LogP contribution in [0.15, 0.2) is 18.3 Å². The maximum Gasteiger partial charge on any atom is 0.271 e. The van der Waals surface area contributed by atoms with Gasteiger partial charge in [-0.05, 0) is 19.1 Å². The molecule has 0 spiro atoms. The molecular weight excluding hydrogens is 250 g/mol. The van der Waals surface area contributed by atoms with Crippen molar-refractivity contribution in [1.29, 1.82) is 0 Å². The predicted octanol–water partition coefficient (Wildman–Crippen LogP) is 1.21. The normalized spacial score (nSPS) is 10.1. The molecule has 94 valence electrons. The van der Waals surface area contributed by atoms with E-state index < -0.39 is 0 Å². The average Bonchev–Trinajstić information content (AvgIpc) is 2.82. The fourth-order valence-electron chi connectivity index (χ4n) is 1.34. The lowest BCUT2D eigenvalue weighted by Crippen LogP contribution is -2.19. The van der Waals surface area contributed by atoms with Gasteiger partial charge in [-0.2, -0.15) is 0 Å². The molecule has 0 atom stereocenters. The van der Waals surface area contributed by atoms with Crippen LogP contribution in [0, 0.1) is 6.92 Å². The summed E-state index contributed by atoms with van der Waals surface area (Å²) in [5, 5.41) is 14.4. The number of thiazole rings is 1. The van der Waals surface area contributed by atoms with E-state index >= 15 is 0 Å². The third kappa shape index (κ3) is 3.01. The maximum absolute atomic E-state index is 11.3. The van der Waals surface area contributed by atoms with Crippen molar-refractivity contribution in [1.82, 2.24) is 20.5 Å². The Balaban J connectivity index is 1.96. The first-order chi connectivity index (χ1) is 8.69. The van der Waals surface area contributed by atoms with E-state index in [0.29, 0.717) is 18.1 Å². The van der Waals surface area contributed by atoms with Gasteiger partial charge in [0.05, 0.1) is 11.6 Å². The SMILES string of the molecule is CNC(=O)c1ccc(NCc2cnc(C)s2)nn1. The number of hydrogen-bond acceptors (Lipinski definition) is 6. The van der Waals surface area contributed by atoms with Crippen LogP contribution >= 0.6 is 11.3 Å². The lowest BCUT2D eigenvalue weighted by molar-refractivity contribution is 0.0957. The highest BCUT2D eigenvalue weighted by molar-refractivity contribution is 7.11. The highest BCUT2D eigenvalue weighted by atomic mass is 32.1. The van der Waals surface area contributed by atoms with Gasteiger partial charge < -0.3 is 10.6 Å². The van der Waals surface area contributed by atoms with Gasteiger partial charge >= 0.3 is 0 Å². The van der Waals surface area contributed by atoms with E-state index in [-0.39, 0.29) is 5.91 Å². The number of amides is 1. The van der Waals surface area contributed by atoms with Gasteiger partial charge in [0.1, 0.15) is 5.82 Å². The number of rotatable bonds is 4. The van der Waals surface area contributed by atoms with Gasteiger partial charge in [-0.15, -0.1) is 21.5 Å². The van der Waals surface area contributed by atoms with Crippen LogP contribution in [0.2, 0.25) is 0 Å². The quantitative estimate of drug-likeness (QED) is 0.866. The Morgan fingerprint density at radius 1 is 1.39 bits per heavy atom. The van der Waals surface area contributed by atoms with Crippen LogP contribution in [0.1, 0.15) is 20.4 Å². The van der Waals surface area contributed by atoms with Crippen LogP contribution in [0.25, 0.3) is 0 Å². The Morgan fingerprint density at radius 2 is 2.22 bits per heavy atom. The fraction of sp³-hybridized carbons (Fsp3) is 0.273. The number of carbonyl (C=O) groups is 1. The average molecular weight is 263 g/mol. The van der Waals surface area contributed by atoms with E-state index in [1.54, 1.807) is 30.5 Å². The minimum atomic E-state index is -0.243. The van der Waals surface area contributed by atoms with Crippen molar-refractivity contribution in [2.75, 3.05) is 12.4 Å². The molecule has 0 bridgehead atoms. The summed E-state index contributed by atoms with van der Waals surface area (Å²) >= 11 is 1.63. The van der Waals surface area contributed by atoms with E-state index in [0.717, 1.165) is 9.88 Å². The van der Waals surface area contributed by atoms with Crippen molar-refractivity contribution >= 4 is 23.1 Å². The van der Waals surface area contributed by atoms with Gasteiger partial charge in [-0.25, -0.2) is 4.98 Å². The molecule has 1 amide bonds. The topological polar surface area (TPSA) is 79.8 Å². The Hall–Kier alpha value is -2.02. The zero-order valence-corrected chi connectivity index (χ0v) is 10.9. The van der Waals surface area contributed by atoms with E-state index in [1.807, 2.05) is 13.1 Å². The van der Waals surface area contributed by atoms with Crippen LogP contribution < -0.4 is 10.6 Å². The second-order valence-corrected chi connectivity index (χ2v) is 4.90. The van der Waals surface area contributed by atoms with Crippen molar-refractivity contribution in [3.05, 3.63) is 33.9 Å². The molecule has 7 heteroatoms. The molecule has 6 nitrogen and oxygen atoms in total. The maximum atomic E-state index is 11.3. The molecule has 0 aromatic carbocycles. The van der Waals surface area contributed by atoms with Crippen LogP contribution in [0.4, 0.5) is 5.82 Å². The smallest absolute Gasteiger partial charge is 0.271 e. The lowest BCUT2D eigenvalue weighted by Gasteiger charge is -2.03. The van der Waals surface area contributed by atoms with Crippen LogP contribution in [-0.4, -0.2) is 28.1 Å². The van der Waals surface area contributed by atoms with Crippen molar-refractivity contribution < 1.29 is 4.79 Å². The molecular formula is C11H13N5OS. The molecule has 0 fully saturated rings. The minimum Gasteiger partial charge on any atom is -0.364 e. The molecule has 2 heterocycles. The third-order valence-electron chi connectivity index (χ3n) is 2.24. The Kier molecular flexibility index (Phi) is 3.83. The standard InChI is InChI=1S/C11H13N5OS/c1-7-13-5-8(18-7)6-14-10-4-3-9(15-16-10)11(17)12-2/h3-5H,6H2,1-2H3,(H,12,17)(H,14,16). The molecule has 2 aromatic heterocycles. The zero-order valence-electron chi connectivity index (χ0n) is 10.1. The molecule has 0 aliphatic carbocycles. The van der Waals surface area contributed by atoms with Crippen molar-refractivity contribution in [3.8, 4) is 0 Å². The first-order valence-electron chi connectivity index (χ1n) is 5.40. The summed E-state index contributed by atoms with van der Waals surface area (Å²) in [6.07, 6.45) is 1.83. The number of nitrogens with zero attached hydrogens (tertiary/aromatic N) is 3. The molecule has 18 heavy (non-hydrogen) atoms. The van der Waals surface area contributed by atoms with Crippen molar-refractivity contribution in [3.63, 3.8) is 0 Å². The Morgan fingerprint density at radius 3 is 2.78 bits per heavy atom. The van der Waals surface area contributed by atoms with Crippen LogP contribution in [0.5, 0.6) is 0 Å². The van der Waals surface area contributed by atoms with Crippen LogP contribution in [0.3, 0.4) is 0 Å². The fourth-order valence-corrected chi connectivity index (χ4v) is 2.08. The Labute approximate surface area is 108 Å². The van der Waals surface area contributed by atoms with Crippen LogP contribution in [-0.2, 0) is 6.54 Å². The highest BCUT2D eigenvalue weighted by Crippen LogP contribution is 2.13. The lowest BCUT2D eigenvalue weighted by atomic mass is 10.3. The highest BCUT2D eigenvalue weighted by Gasteiger charge is 2.05. The van der Waals surface area contributed by atoms with Gasteiger partial charge in [0, 0.05) is 18.1 Å². The number of nitrogens with one attached hydrogen (secondary N) is 2. The zero-order chi connectivity index (χ0) is 13.0. The molecule has 2 rings (SSSR count). The summed E-state index contributed by atoms with van der Waals surface area (Å²) in [6.45, 7) is 2.62. The van der Waals surface area contributed by atoms with Gasteiger partial charge in [0.25, 0.3) is 5.91 Å². The molecule has 2 N–H and O–H groups in total. The molecule has 0 saturated carbocycles. The summed E-state index contributed by atoms with van der Waals surface area (Å²) < 4.78 is 0. The summed E-state index contributed by atoms with van der Waals surface area (Å²) in [6, 6.07) is 3.36. The van der Waals surface area contributed by atoms with Gasteiger partial charge in [0.15, 0.2) is 5.69 Å².